The summed E-state index contributed by atoms with van der Waals surface area (Å²) in [5.41, 5.74) is 4.95. The van der Waals surface area contributed by atoms with E-state index < -0.39 is 23.5 Å². The van der Waals surface area contributed by atoms with Crippen LogP contribution in [0, 0.1) is 0 Å². The van der Waals surface area contributed by atoms with Gasteiger partial charge in [-0.1, -0.05) is 23.7 Å². The molecule has 2 aromatic carbocycles. The van der Waals surface area contributed by atoms with Gasteiger partial charge in [0.2, 0.25) is 17.7 Å². The molecule has 2 amide bonds. The van der Waals surface area contributed by atoms with Crippen LogP contribution in [0.5, 0.6) is 17.4 Å². The van der Waals surface area contributed by atoms with Crippen LogP contribution in [0.3, 0.4) is 0 Å². The summed E-state index contributed by atoms with van der Waals surface area (Å²) in [5, 5.41) is 2.68. The molecule has 3 aromatic rings. The molecular weight excluding hydrogens is 491 g/mol. The number of nitrogens with one attached hydrogen (secondary N) is 1. The Kier molecular flexibility index (Phi) is 6.15. The largest absolute Gasteiger partial charge is 0.495 e. The van der Waals surface area contributed by atoms with Crippen LogP contribution in [0.1, 0.15) is 31.8 Å². The van der Waals surface area contributed by atoms with Crippen molar-refractivity contribution in [1.82, 2.24) is 14.9 Å². The SMILES string of the molecule is COc1cc(C(N)=O)c(Cl)cc1Nc1ncc(C(F)(F)F)c(Oc2cccc3c2C(=O)N(C)C3)n1. The number of carbonyl (C=O) groups is 2. The molecule has 0 saturated heterocycles. The molecule has 1 aromatic heterocycles. The molecule has 9 nitrogen and oxygen atoms in total. The monoisotopic (exact) mass is 507 g/mol. The number of primary amides is 1. The Labute approximate surface area is 201 Å². The number of hydrogen-bond acceptors (Lipinski definition) is 7. The summed E-state index contributed by atoms with van der Waals surface area (Å²) in [6.45, 7) is 0.302. The summed E-state index contributed by atoms with van der Waals surface area (Å²) < 4.78 is 51.8. The zero-order chi connectivity index (χ0) is 25.5. The normalized spacial score (nSPS) is 13.0. The summed E-state index contributed by atoms with van der Waals surface area (Å²) in [5.74, 6) is -2.24. The lowest BCUT2D eigenvalue weighted by atomic mass is 10.1. The van der Waals surface area contributed by atoms with Crippen LogP contribution in [-0.2, 0) is 12.7 Å². The maximum absolute atomic E-state index is 13.7. The fraction of sp³-hybridized carbons (Fsp3) is 0.182. The number of hydrogen-bond donors (Lipinski definition) is 2. The molecule has 0 bridgehead atoms. The van der Waals surface area contributed by atoms with E-state index in [0.717, 1.165) is 0 Å². The van der Waals surface area contributed by atoms with E-state index in [1.54, 1.807) is 19.2 Å². The first-order valence-corrected chi connectivity index (χ1v) is 10.3. The predicted molar refractivity (Wildman–Crippen MR) is 119 cm³/mol. The Hall–Kier alpha value is -4.06. The van der Waals surface area contributed by atoms with E-state index >= 15 is 0 Å². The molecule has 4 rings (SSSR count). The van der Waals surface area contributed by atoms with Gasteiger partial charge in [0.05, 0.1) is 28.9 Å². The first-order chi connectivity index (χ1) is 16.5. The van der Waals surface area contributed by atoms with Gasteiger partial charge in [-0.25, -0.2) is 4.98 Å². The van der Waals surface area contributed by atoms with Gasteiger partial charge in [-0.15, -0.1) is 0 Å². The van der Waals surface area contributed by atoms with Crippen LogP contribution in [0.25, 0.3) is 0 Å². The van der Waals surface area contributed by atoms with Crippen molar-refractivity contribution in [3.05, 3.63) is 63.8 Å². The van der Waals surface area contributed by atoms with Gasteiger partial charge in [0.25, 0.3) is 5.91 Å². The number of fused-ring (bicyclic) bond motifs is 1. The molecule has 0 radical (unpaired) electrons. The molecule has 0 fully saturated rings. The second-order valence-electron chi connectivity index (χ2n) is 7.49. The van der Waals surface area contributed by atoms with Gasteiger partial charge in [0, 0.05) is 19.8 Å². The number of benzene rings is 2. The van der Waals surface area contributed by atoms with Gasteiger partial charge < -0.3 is 25.4 Å². The fourth-order valence-corrected chi connectivity index (χ4v) is 3.74. The Balaban J connectivity index is 1.75. The number of nitrogens with zero attached hydrogens (tertiary/aromatic N) is 3. The third kappa shape index (κ3) is 4.64. The number of rotatable bonds is 6. The van der Waals surface area contributed by atoms with E-state index in [1.165, 1.54) is 30.2 Å². The molecule has 182 valence electrons. The summed E-state index contributed by atoms with van der Waals surface area (Å²) in [4.78, 5) is 33.0. The first-order valence-electron chi connectivity index (χ1n) is 9.93. The summed E-state index contributed by atoms with van der Waals surface area (Å²) >= 11 is 6.08. The van der Waals surface area contributed by atoms with Crippen LogP contribution in [0.2, 0.25) is 5.02 Å². The lowest BCUT2D eigenvalue weighted by molar-refractivity contribution is -0.139. The first kappa shape index (κ1) is 24.1. The van der Waals surface area contributed by atoms with E-state index in [0.29, 0.717) is 18.3 Å². The fourth-order valence-electron chi connectivity index (χ4n) is 3.49. The van der Waals surface area contributed by atoms with E-state index in [1.807, 2.05) is 0 Å². The maximum atomic E-state index is 13.7. The van der Waals surface area contributed by atoms with Crippen molar-refractivity contribution in [2.45, 2.75) is 12.7 Å². The zero-order valence-corrected chi connectivity index (χ0v) is 19.0. The third-order valence-electron chi connectivity index (χ3n) is 5.15. The molecular formula is C22H17ClF3N5O4. The van der Waals surface area contributed by atoms with Gasteiger partial charge in [-0.3, -0.25) is 9.59 Å². The standard InChI is InChI=1S/C22H17ClF3N5O4/c1-31-9-10-4-3-5-15(17(10)20(31)33)35-19-12(22(24,25)26)8-28-21(30-19)29-14-7-13(23)11(18(27)32)6-16(14)34-2/h3-8H,9H2,1-2H3,(H2,27,32)(H,28,29,30). The number of aromatic nitrogens is 2. The van der Waals surface area contributed by atoms with E-state index in [-0.39, 0.29) is 45.2 Å². The van der Waals surface area contributed by atoms with Crippen LogP contribution < -0.4 is 20.5 Å². The molecule has 0 unspecified atom stereocenters. The van der Waals surface area contributed by atoms with Crippen LogP contribution >= 0.6 is 11.6 Å². The van der Waals surface area contributed by atoms with Crippen molar-refractivity contribution in [2.24, 2.45) is 5.73 Å². The van der Waals surface area contributed by atoms with Crippen molar-refractivity contribution in [3.63, 3.8) is 0 Å². The highest BCUT2D eigenvalue weighted by atomic mass is 35.5. The summed E-state index contributed by atoms with van der Waals surface area (Å²) in [6, 6.07) is 7.20. The van der Waals surface area contributed by atoms with Crippen molar-refractivity contribution in [1.29, 1.82) is 0 Å². The number of amides is 2. The number of halogens is 4. The Bertz CT molecular complexity index is 1350. The highest BCUT2D eigenvalue weighted by molar-refractivity contribution is 6.34. The number of methoxy groups -OCH3 is 1. The number of carbonyl (C=O) groups excluding carboxylic acids is 2. The quantitative estimate of drug-likeness (QED) is 0.508. The number of ether oxygens (including phenoxy) is 2. The zero-order valence-electron chi connectivity index (χ0n) is 18.2. The second-order valence-corrected chi connectivity index (χ2v) is 7.89. The smallest absolute Gasteiger partial charge is 0.423 e. The lowest BCUT2D eigenvalue weighted by Crippen LogP contribution is -2.18. The van der Waals surface area contributed by atoms with Crippen molar-refractivity contribution in [2.75, 3.05) is 19.5 Å². The van der Waals surface area contributed by atoms with Gasteiger partial charge in [-0.2, -0.15) is 18.2 Å². The molecule has 1 aliphatic heterocycles. The van der Waals surface area contributed by atoms with Gasteiger partial charge in [0.15, 0.2) is 0 Å². The number of anilines is 2. The minimum Gasteiger partial charge on any atom is -0.495 e. The molecule has 0 aliphatic carbocycles. The number of alkyl halides is 3. The average Bonchev–Trinajstić information content (AvgIpc) is 3.07. The topological polar surface area (TPSA) is 120 Å². The molecule has 35 heavy (non-hydrogen) atoms. The Morgan fingerprint density at radius 1 is 1.26 bits per heavy atom. The summed E-state index contributed by atoms with van der Waals surface area (Å²) in [7, 11) is 2.88. The molecule has 13 heteroatoms. The van der Waals surface area contributed by atoms with Crippen LogP contribution in [0.15, 0.2) is 36.5 Å². The van der Waals surface area contributed by atoms with Gasteiger partial charge in [0.1, 0.15) is 17.1 Å². The van der Waals surface area contributed by atoms with Crippen molar-refractivity contribution in [3.8, 4) is 17.4 Å². The van der Waals surface area contributed by atoms with E-state index in [4.69, 9.17) is 26.8 Å². The minimum absolute atomic E-state index is 0.0148. The third-order valence-corrected chi connectivity index (χ3v) is 5.46. The highest BCUT2D eigenvalue weighted by Crippen LogP contribution is 2.40. The average molecular weight is 508 g/mol. The highest BCUT2D eigenvalue weighted by Gasteiger charge is 2.37. The van der Waals surface area contributed by atoms with Gasteiger partial charge in [-0.05, 0) is 23.8 Å². The van der Waals surface area contributed by atoms with Crippen LogP contribution in [-0.4, -0.2) is 40.8 Å². The lowest BCUT2D eigenvalue weighted by Gasteiger charge is -2.16. The van der Waals surface area contributed by atoms with Crippen molar-refractivity contribution < 1.29 is 32.2 Å². The number of nitrogens with two attached hydrogens (primary N) is 1. The molecule has 0 spiro atoms. The molecule has 0 atom stereocenters. The predicted octanol–water partition coefficient (Wildman–Crippen LogP) is 4.38. The van der Waals surface area contributed by atoms with Crippen molar-refractivity contribution >= 4 is 35.1 Å². The summed E-state index contributed by atoms with van der Waals surface area (Å²) in [6.07, 6.45) is -4.29. The van der Waals surface area contributed by atoms with Crippen LogP contribution in [0.4, 0.5) is 24.8 Å². The van der Waals surface area contributed by atoms with E-state index in [2.05, 4.69) is 15.3 Å². The Morgan fingerprint density at radius 2 is 2.00 bits per heavy atom. The van der Waals surface area contributed by atoms with E-state index in [9.17, 15) is 22.8 Å². The second kappa shape index (κ2) is 8.95. The molecule has 2 heterocycles. The molecule has 1 aliphatic rings. The minimum atomic E-state index is -4.84. The maximum Gasteiger partial charge on any atom is 0.423 e. The molecule has 0 saturated carbocycles. The molecule has 3 N–H and O–H groups in total. The van der Waals surface area contributed by atoms with Gasteiger partial charge >= 0.3 is 6.18 Å². The Morgan fingerprint density at radius 3 is 2.66 bits per heavy atom.